The third kappa shape index (κ3) is 18.1. The van der Waals surface area contributed by atoms with Crippen LogP contribution >= 0.6 is 0 Å². The molecule has 1 rings (SSSR count). The summed E-state index contributed by atoms with van der Waals surface area (Å²) in [6.07, 6.45) is 5.33. The monoisotopic (exact) mass is 187 g/mol. The summed E-state index contributed by atoms with van der Waals surface area (Å²) in [6.45, 7) is 8.58. The van der Waals surface area contributed by atoms with Crippen molar-refractivity contribution < 1.29 is 71.6 Å². The first-order chi connectivity index (χ1) is 5.04. The maximum absolute atomic E-state index is 7.25. The number of rotatable bonds is 0. The van der Waals surface area contributed by atoms with Gasteiger partial charge >= 0.3 is 70.2 Å². The molecule has 2 atom stereocenters. The maximum Gasteiger partial charge on any atom is 1.00 e. The largest absolute Gasteiger partial charge is 1.00 e. The second kappa shape index (κ2) is 13.2. The van der Waals surface area contributed by atoms with Gasteiger partial charge in [0, 0.05) is 0 Å². The van der Waals surface area contributed by atoms with Gasteiger partial charge in [-0.25, -0.2) is 6.40 Å². The van der Waals surface area contributed by atoms with Crippen molar-refractivity contribution in [3.8, 4) is 0 Å². The summed E-state index contributed by atoms with van der Waals surface area (Å²) >= 11 is 0. The Balaban J connectivity index is -0.000000150. The Labute approximate surface area is 135 Å². The molecule has 0 aromatic carbocycles. The van der Waals surface area contributed by atoms with Crippen molar-refractivity contribution in [1.82, 2.24) is 0 Å². The number of hydrogen-bond donors (Lipinski definition) is 0. The van der Waals surface area contributed by atoms with Crippen molar-refractivity contribution in [2.24, 2.45) is 11.8 Å². The van der Waals surface area contributed by atoms with E-state index in [4.69, 9.17) is 1.37 Å². The molecule has 0 aromatic heterocycles. The summed E-state index contributed by atoms with van der Waals surface area (Å²) in [5.74, 6) is 1.33. The van der Waals surface area contributed by atoms with Gasteiger partial charge in [0.1, 0.15) is 0 Å². The molecule has 0 saturated heterocycles. The fraction of sp³-hybridized carbons (Fsp3) is 0.800. The molecule has 1 aliphatic rings. The van der Waals surface area contributed by atoms with Crippen LogP contribution in [0.3, 0.4) is 0 Å². The molecule has 2 heteroatoms. The average Bonchev–Trinajstić information content (AvgIpc) is 2.15. The molecule has 0 nitrogen and oxygen atoms in total. The van der Waals surface area contributed by atoms with E-state index in [1.54, 1.807) is 0 Å². The van der Waals surface area contributed by atoms with Gasteiger partial charge in [0.25, 0.3) is 0 Å². The van der Waals surface area contributed by atoms with Crippen LogP contribution < -0.4 is 70.2 Å². The van der Waals surface area contributed by atoms with Gasteiger partial charge in [-0.3, -0.25) is 0 Å². The van der Waals surface area contributed by atoms with Gasteiger partial charge in [0.05, 0.1) is 0 Å². The van der Waals surface area contributed by atoms with Gasteiger partial charge in [0.2, 0.25) is 0 Å². The van der Waals surface area contributed by atoms with Crippen LogP contribution in [-0.4, -0.2) is 0 Å². The van der Waals surface area contributed by atoms with Crippen molar-refractivity contribution in [1.29, 1.82) is 0 Å². The summed E-state index contributed by atoms with van der Waals surface area (Å²) in [4.78, 5) is 0. The van der Waals surface area contributed by atoms with Gasteiger partial charge in [-0.05, 0) is 7.29 Å². The Morgan fingerprint density at radius 2 is 1.83 bits per heavy atom. The van der Waals surface area contributed by atoms with Crippen molar-refractivity contribution in [3.63, 3.8) is 0 Å². The van der Waals surface area contributed by atoms with E-state index in [9.17, 15) is 0 Å². The Kier molecular flexibility index (Phi) is 18.4. The van der Waals surface area contributed by atoms with Crippen LogP contribution in [0.1, 0.15) is 41.9 Å². The molecule has 62 valence electrons. The van der Waals surface area contributed by atoms with E-state index in [1.165, 1.54) is 0 Å². The van der Waals surface area contributed by atoms with Crippen LogP contribution in [0.4, 0.5) is 0 Å². The second-order valence-corrected chi connectivity index (χ2v) is 3.49. The first-order valence-corrected chi connectivity index (χ1v) is 4.13. The molecule has 1 fully saturated rings. The predicted octanol–water partition coefficient (Wildman–Crippen LogP) is -2.50. The molecule has 0 amide bonds. The molecule has 0 N–H and O–H groups in total. The second-order valence-electron chi connectivity index (χ2n) is 3.49. The zero-order valence-corrected chi connectivity index (χ0v) is 12.7. The van der Waals surface area contributed by atoms with Gasteiger partial charge in [-0.15, -0.1) is 0 Å². The van der Waals surface area contributed by atoms with Crippen LogP contribution in [0.2, 0.25) is 0 Å². The zero-order valence-electron chi connectivity index (χ0n) is 10.6. The minimum absolute atomic E-state index is 0. The molecule has 0 aromatic rings. The molecule has 12 heavy (non-hydrogen) atoms. The fourth-order valence-electron chi connectivity index (χ4n) is 0.665. The third-order valence-electron chi connectivity index (χ3n) is 1.08. The molecule has 0 spiro atoms. The van der Waals surface area contributed by atoms with Crippen LogP contribution in [0, 0.1) is 24.7 Å². The molecular formula is C10H20KLi. The van der Waals surface area contributed by atoms with E-state index in [0.717, 1.165) is 12.3 Å². The minimum atomic E-state index is 0. The van der Waals surface area contributed by atoms with Crippen molar-refractivity contribution in [2.45, 2.75) is 40.5 Å². The van der Waals surface area contributed by atoms with Gasteiger partial charge in [-0.1, -0.05) is 27.7 Å². The summed E-state index contributed by atoms with van der Waals surface area (Å²) in [7, 11) is 0. The van der Waals surface area contributed by atoms with Crippen LogP contribution in [0.15, 0.2) is 0 Å². The molecule has 0 aliphatic heterocycles. The molecule has 2 unspecified atom stereocenters. The van der Waals surface area contributed by atoms with Crippen LogP contribution in [0.25, 0.3) is 0 Å². The zero-order chi connectivity index (χ0) is 8.85. The molecule has 1 aliphatic carbocycles. The van der Waals surface area contributed by atoms with Crippen LogP contribution in [0.5, 0.6) is 0 Å². The fourth-order valence-corrected chi connectivity index (χ4v) is 0.665. The molecule has 0 bridgehead atoms. The maximum atomic E-state index is 7.25. The Morgan fingerprint density at radius 1 is 1.42 bits per heavy atom. The van der Waals surface area contributed by atoms with Crippen molar-refractivity contribution in [2.75, 3.05) is 0 Å². The summed E-state index contributed by atoms with van der Waals surface area (Å²) in [5, 5.41) is 0. The SMILES string of the molecule is CC(C)C.[2H]C1[CH-]C[CH-]C1C.[K+].[Li+]. The molecule has 0 heterocycles. The topological polar surface area (TPSA) is 0 Å². The Bertz CT molecular complexity index is 88.2. The molecular weight excluding hydrogens is 166 g/mol. The van der Waals surface area contributed by atoms with E-state index >= 15 is 0 Å². The summed E-state index contributed by atoms with van der Waals surface area (Å²) in [5.41, 5.74) is 0. The summed E-state index contributed by atoms with van der Waals surface area (Å²) in [6, 6.07) is 0. The minimum Gasteiger partial charge on any atom is -0.359 e. The van der Waals surface area contributed by atoms with Gasteiger partial charge < -0.3 is 19.3 Å². The summed E-state index contributed by atoms with van der Waals surface area (Å²) < 4.78 is 7.25. The quantitative estimate of drug-likeness (QED) is 0.290. The molecule has 1 saturated carbocycles. The van der Waals surface area contributed by atoms with Gasteiger partial charge in [-0.2, -0.15) is 5.92 Å². The van der Waals surface area contributed by atoms with Gasteiger partial charge in [0.15, 0.2) is 0 Å². The van der Waals surface area contributed by atoms with Crippen molar-refractivity contribution in [3.05, 3.63) is 12.8 Å². The van der Waals surface area contributed by atoms with E-state index in [2.05, 4.69) is 34.1 Å². The predicted molar refractivity (Wildman–Crippen MR) is 47.5 cm³/mol. The first-order valence-electron chi connectivity index (χ1n) is 4.70. The number of hydrogen-bond acceptors (Lipinski definition) is 0. The first kappa shape index (κ1) is 16.7. The molecule has 0 radical (unpaired) electrons. The van der Waals surface area contributed by atoms with E-state index in [-0.39, 0.29) is 76.6 Å². The van der Waals surface area contributed by atoms with E-state index in [0.29, 0.717) is 5.92 Å². The smallest absolute Gasteiger partial charge is 0.359 e. The van der Waals surface area contributed by atoms with E-state index in [1.807, 2.05) is 6.42 Å². The van der Waals surface area contributed by atoms with Crippen LogP contribution in [-0.2, 0) is 0 Å². The van der Waals surface area contributed by atoms with E-state index < -0.39 is 0 Å². The Morgan fingerprint density at radius 3 is 1.92 bits per heavy atom. The average molecular weight is 187 g/mol. The standard InChI is InChI=1S/C6H10.C4H10.K.Li/c1-6-4-2-3-5-6;1-4(2)3;;/h2,5-6H,3-4H2,1H3;4H,1-3H3;;/q-2;;2*+1/i4D;;;. The Hall–Kier alpha value is 2.23. The normalized spacial score (nSPS) is 27.6. The van der Waals surface area contributed by atoms with Crippen molar-refractivity contribution >= 4 is 0 Å². The third-order valence-corrected chi connectivity index (χ3v) is 1.08.